The number of esters is 1. The number of rotatable bonds is 5. The van der Waals surface area contributed by atoms with E-state index in [1.54, 1.807) is 0 Å². The number of nitro benzene ring substituents is 1. The smallest absolute Gasteiger partial charge is 0.415 e. The molecule has 0 spiro atoms. The van der Waals surface area contributed by atoms with E-state index in [0.717, 1.165) is 26.0 Å². The van der Waals surface area contributed by atoms with Crippen molar-refractivity contribution in [3.63, 3.8) is 0 Å². The number of carbonyl (C=O) groups is 2. The maximum atomic E-state index is 13.7. The fraction of sp³-hybridized carbons (Fsp3) is 0.429. The first-order valence-corrected chi connectivity index (χ1v) is 7.06. The van der Waals surface area contributed by atoms with Crippen LogP contribution in [0.1, 0.15) is 12.8 Å². The molecule has 1 amide bonds. The van der Waals surface area contributed by atoms with Crippen LogP contribution in [0.25, 0.3) is 0 Å². The summed E-state index contributed by atoms with van der Waals surface area (Å²) in [5.74, 6) is -2.58. The van der Waals surface area contributed by atoms with Gasteiger partial charge in [0.05, 0.1) is 18.1 Å². The second-order valence-corrected chi connectivity index (χ2v) is 4.93. The lowest BCUT2D eigenvalue weighted by molar-refractivity contribution is -0.387. The molecule has 1 aromatic rings. The monoisotopic (exact) mass is 342 g/mol. The standard InChI is InChI=1S/C14H15FN2O7/c1-22-13(18)8-23-11-6-9(15)10(17(20)21)7-12(11)24-14(19)16-4-2-3-5-16/h6-7H,2-5,8H2,1H3. The minimum atomic E-state index is -1.18. The average Bonchev–Trinajstić information content (AvgIpc) is 3.08. The fourth-order valence-corrected chi connectivity index (χ4v) is 2.11. The third-order valence-electron chi connectivity index (χ3n) is 3.34. The Hall–Kier alpha value is -2.91. The molecule has 1 fully saturated rings. The maximum absolute atomic E-state index is 13.7. The zero-order valence-corrected chi connectivity index (χ0v) is 12.8. The molecule has 0 saturated carbocycles. The molecule has 1 heterocycles. The molecule has 1 aliphatic rings. The van der Waals surface area contributed by atoms with Crippen LogP contribution in [0.5, 0.6) is 11.5 Å². The second kappa shape index (κ2) is 7.57. The van der Waals surface area contributed by atoms with Crippen LogP contribution in [0, 0.1) is 15.9 Å². The Morgan fingerprint density at radius 1 is 1.29 bits per heavy atom. The number of hydrogen-bond donors (Lipinski definition) is 0. The van der Waals surface area contributed by atoms with Gasteiger partial charge in [0.2, 0.25) is 5.82 Å². The summed E-state index contributed by atoms with van der Waals surface area (Å²) < 4.78 is 28.2. The lowest BCUT2D eigenvalue weighted by Crippen LogP contribution is -2.30. The van der Waals surface area contributed by atoms with Crippen molar-refractivity contribution in [1.82, 2.24) is 4.90 Å². The predicted octanol–water partition coefficient (Wildman–Crippen LogP) is 1.88. The number of nitro groups is 1. The van der Waals surface area contributed by atoms with Crippen LogP contribution in [-0.4, -0.2) is 48.7 Å². The highest BCUT2D eigenvalue weighted by Crippen LogP contribution is 2.34. The molecule has 0 unspecified atom stereocenters. The predicted molar refractivity (Wildman–Crippen MR) is 77.4 cm³/mol. The quantitative estimate of drug-likeness (QED) is 0.456. The van der Waals surface area contributed by atoms with E-state index in [4.69, 9.17) is 9.47 Å². The van der Waals surface area contributed by atoms with E-state index in [-0.39, 0.29) is 11.5 Å². The van der Waals surface area contributed by atoms with Gasteiger partial charge in [0.1, 0.15) is 0 Å². The van der Waals surface area contributed by atoms with Crippen molar-refractivity contribution < 1.29 is 33.1 Å². The van der Waals surface area contributed by atoms with Crippen LogP contribution in [0.15, 0.2) is 12.1 Å². The maximum Gasteiger partial charge on any atom is 0.415 e. The first-order chi connectivity index (χ1) is 11.4. The van der Waals surface area contributed by atoms with Gasteiger partial charge in [0.25, 0.3) is 0 Å². The summed E-state index contributed by atoms with van der Waals surface area (Å²) >= 11 is 0. The van der Waals surface area contributed by atoms with Crippen molar-refractivity contribution in [3.05, 3.63) is 28.1 Å². The summed E-state index contributed by atoms with van der Waals surface area (Å²) in [6.45, 7) is 0.433. The van der Waals surface area contributed by atoms with E-state index in [1.165, 1.54) is 4.90 Å². The van der Waals surface area contributed by atoms with E-state index in [0.29, 0.717) is 19.2 Å². The van der Waals surface area contributed by atoms with Gasteiger partial charge in [-0.15, -0.1) is 0 Å². The van der Waals surface area contributed by atoms with Crippen LogP contribution < -0.4 is 9.47 Å². The highest BCUT2D eigenvalue weighted by Gasteiger charge is 2.25. The van der Waals surface area contributed by atoms with E-state index >= 15 is 0 Å². The topological polar surface area (TPSA) is 108 Å². The fourth-order valence-electron chi connectivity index (χ4n) is 2.11. The van der Waals surface area contributed by atoms with Crippen LogP contribution in [-0.2, 0) is 9.53 Å². The third-order valence-corrected chi connectivity index (χ3v) is 3.34. The van der Waals surface area contributed by atoms with E-state index in [2.05, 4.69) is 4.74 Å². The number of ether oxygens (including phenoxy) is 3. The summed E-state index contributed by atoms with van der Waals surface area (Å²) in [5, 5.41) is 10.8. The lowest BCUT2D eigenvalue weighted by atomic mass is 10.2. The number of benzene rings is 1. The van der Waals surface area contributed by atoms with E-state index < -0.39 is 35.1 Å². The molecule has 2 rings (SSSR count). The molecule has 10 heteroatoms. The minimum Gasteiger partial charge on any atom is -0.478 e. The number of nitrogens with zero attached hydrogens (tertiary/aromatic N) is 2. The number of likely N-dealkylation sites (tertiary alicyclic amines) is 1. The Labute approximate surface area is 136 Å². The van der Waals surface area contributed by atoms with Crippen LogP contribution >= 0.6 is 0 Å². The molecule has 0 aromatic heterocycles. The number of amides is 1. The number of halogens is 1. The number of carbonyl (C=O) groups excluding carboxylic acids is 2. The van der Waals surface area contributed by atoms with Gasteiger partial charge in [-0.1, -0.05) is 0 Å². The van der Waals surface area contributed by atoms with Crippen molar-refractivity contribution in [3.8, 4) is 11.5 Å². The Balaban J connectivity index is 2.26. The first kappa shape index (κ1) is 17.4. The first-order valence-electron chi connectivity index (χ1n) is 7.06. The van der Waals surface area contributed by atoms with Gasteiger partial charge in [-0.2, -0.15) is 4.39 Å². The normalized spacial score (nSPS) is 13.5. The van der Waals surface area contributed by atoms with Crippen LogP contribution in [0.2, 0.25) is 0 Å². The largest absolute Gasteiger partial charge is 0.478 e. The van der Waals surface area contributed by atoms with Gasteiger partial charge >= 0.3 is 17.7 Å². The molecule has 1 aromatic carbocycles. The average molecular weight is 342 g/mol. The van der Waals surface area contributed by atoms with Gasteiger partial charge in [0.15, 0.2) is 18.1 Å². The summed E-state index contributed by atoms with van der Waals surface area (Å²) in [7, 11) is 1.14. The number of hydrogen-bond acceptors (Lipinski definition) is 7. The van der Waals surface area contributed by atoms with Gasteiger partial charge in [-0.05, 0) is 12.8 Å². The molecule has 0 aliphatic carbocycles. The molecule has 1 aliphatic heterocycles. The van der Waals surface area contributed by atoms with Crippen LogP contribution in [0.3, 0.4) is 0 Å². The van der Waals surface area contributed by atoms with E-state index in [9.17, 15) is 24.1 Å². The molecule has 1 saturated heterocycles. The van der Waals surface area contributed by atoms with E-state index in [1.807, 2.05) is 0 Å². The summed E-state index contributed by atoms with van der Waals surface area (Å²) in [4.78, 5) is 34.4. The van der Waals surface area contributed by atoms with Crippen molar-refractivity contribution in [2.24, 2.45) is 0 Å². The zero-order valence-electron chi connectivity index (χ0n) is 12.8. The molecular formula is C14H15FN2O7. The van der Waals surface area contributed by atoms with Gasteiger partial charge in [-0.3, -0.25) is 10.1 Å². The lowest BCUT2D eigenvalue weighted by Gasteiger charge is -2.16. The summed E-state index contributed by atoms with van der Waals surface area (Å²) in [5.41, 5.74) is -0.871. The molecule has 9 nitrogen and oxygen atoms in total. The van der Waals surface area contributed by atoms with Crippen LogP contribution in [0.4, 0.5) is 14.9 Å². The molecule has 130 valence electrons. The molecule has 0 bridgehead atoms. The molecule has 0 N–H and O–H groups in total. The highest BCUT2D eigenvalue weighted by atomic mass is 19.1. The molecular weight excluding hydrogens is 327 g/mol. The van der Waals surface area contributed by atoms with Crippen molar-refractivity contribution in [2.45, 2.75) is 12.8 Å². The minimum absolute atomic E-state index is 0.309. The second-order valence-electron chi connectivity index (χ2n) is 4.93. The summed E-state index contributed by atoms with van der Waals surface area (Å²) in [6.07, 6.45) is 0.922. The summed E-state index contributed by atoms with van der Waals surface area (Å²) in [6, 6.07) is 1.43. The molecule has 0 radical (unpaired) electrons. The van der Waals surface area contributed by atoms with Gasteiger partial charge < -0.3 is 19.1 Å². The Morgan fingerprint density at radius 2 is 1.96 bits per heavy atom. The van der Waals surface area contributed by atoms with Gasteiger partial charge in [0, 0.05) is 19.2 Å². The molecule has 0 atom stereocenters. The SMILES string of the molecule is COC(=O)COc1cc(F)c([N+](=O)[O-])cc1OC(=O)N1CCCC1. The van der Waals surface area contributed by atoms with Crippen molar-refractivity contribution in [2.75, 3.05) is 26.8 Å². The van der Waals surface area contributed by atoms with Crippen molar-refractivity contribution in [1.29, 1.82) is 0 Å². The van der Waals surface area contributed by atoms with Gasteiger partial charge in [-0.25, -0.2) is 9.59 Å². The molecule has 24 heavy (non-hydrogen) atoms. The zero-order chi connectivity index (χ0) is 17.7. The Bertz CT molecular complexity index is 659. The Kier molecular flexibility index (Phi) is 5.51. The number of methoxy groups -OCH3 is 1. The third kappa shape index (κ3) is 4.09. The highest BCUT2D eigenvalue weighted by molar-refractivity contribution is 5.73. The van der Waals surface area contributed by atoms with Crippen molar-refractivity contribution >= 4 is 17.7 Å². The Morgan fingerprint density at radius 3 is 2.54 bits per heavy atom.